The number of benzene rings is 3. The molecule has 0 aliphatic heterocycles. The van der Waals surface area contributed by atoms with Crippen LogP contribution in [0, 0.1) is 18.6 Å². The molecule has 0 unspecified atom stereocenters. The van der Waals surface area contributed by atoms with Crippen LogP contribution in [0.5, 0.6) is 0 Å². The second kappa shape index (κ2) is 13.1. The van der Waals surface area contributed by atoms with Crippen molar-refractivity contribution in [1.29, 1.82) is 0 Å². The van der Waals surface area contributed by atoms with Gasteiger partial charge in [0.25, 0.3) is 11.8 Å². The molecule has 6 rings (SSSR count). The number of aromatic carboxylic acids is 1. The van der Waals surface area contributed by atoms with Gasteiger partial charge in [0.05, 0.1) is 28.9 Å². The molecule has 1 atom stereocenters. The molecule has 50 heavy (non-hydrogen) atoms. The molecule has 10 nitrogen and oxygen atoms in total. The van der Waals surface area contributed by atoms with E-state index in [-0.39, 0.29) is 52.3 Å². The van der Waals surface area contributed by atoms with Crippen molar-refractivity contribution in [2.24, 2.45) is 0 Å². The molecule has 3 N–H and O–H groups in total. The summed E-state index contributed by atoms with van der Waals surface area (Å²) in [5, 5.41) is 19.1. The highest BCUT2D eigenvalue weighted by Crippen LogP contribution is 2.35. The molecule has 1 aliphatic rings. The van der Waals surface area contributed by atoms with E-state index in [1.54, 1.807) is 13.0 Å². The van der Waals surface area contributed by atoms with Crippen LogP contribution in [0.3, 0.4) is 0 Å². The third-order valence-corrected chi connectivity index (χ3v) is 8.55. The summed E-state index contributed by atoms with van der Waals surface area (Å²) in [6.45, 7) is 1.46. The minimum absolute atomic E-state index is 0.114. The maximum Gasteiger partial charge on any atom is 0.416 e. The van der Waals surface area contributed by atoms with Gasteiger partial charge < -0.3 is 15.7 Å². The highest BCUT2D eigenvalue weighted by Gasteiger charge is 2.31. The van der Waals surface area contributed by atoms with Gasteiger partial charge >= 0.3 is 12.1 Å². The number of amides is 2. The summed E-state index contributed by atoms with van der Waals surface area (Å²) >= 11 is 0. The molecule has 0 radical (unpaired) electrons. The van der Waals surface area contributed by atoms with Crippen LogP contribution in [-0.4, -0.2) is 43.3 Å². The Hall–Kier alpha value is -5.99. The molecule has 15 heteroatoms. The van der Waals surface area contributed by atoms with Gasteiger partial charge in [-0.15, -0.1) is 0 Å². The number of aromatic nitrogens is 3. The molecular weight excluding hydrogens is 665 g/mol. The van der Waals surface area contributed by atoms with Gasteiger partial charge in [-0.1, -0.05) is 24.3 Å². The molecule has 2 amide bonds. The Labute approximate surface area is 280 Å². The normalized spacial score (nSPS) is 14.0. The zero-order chi connectivity index (χ0) is 35.9. The number of hydrogen-bond acceptors (Lipinski definition) is 6. The third kappa shape index (κ3) is 6.66. The molecule has 0 spiro atoms. The third-order valence-electron chi connectivity index (χ3n) is 8.55. The van der Waals surface area contributed by atoms with Crippen LogP contribution in [0.1, 0.15) is 87.5 Å². The van der Waals surface area contributed by atoms with Crippen molar-refractivity contribution in [3.63, 3.8) is 0 Å². The summed E-state index contributed by atoms with van der Waals surface area (Å²) in [5.41, 5.74) is 1.07. The molecule has 1 aliphatic carbocycles. The van der Waals surface area contributed by atoms with Crippen LogP contribution in [0.25, 0.3) is 5.65 Å². The number of carbonyl (C=O) groups is 4. The number of rotatable bonds is 9. The van der Waals surface area contributed by atoms with E-state index in [2.05, 4.69) is 20.7 Å². The Morgan fingerprint density at radius 3 is 2.32 bits per heavy atom. The van der Waals surface area contributed by atoms with E-state index in [1.807, 2.05) is 0 Å². The van der Waals surface area contributed by atoms with Crippen LogP contribution in [0.15, 0.2) is 66.9 Å². The number of carbonyl (C=O) groups excluding carboxylic acids is 3. The molecule has 5 aromatic rings. The van der Waals surface area contributed by atoms with Gasteiger partial charge in [-0.25, -0.2) is 23.1 Å². The molecule has 2 heterocycles. The summed E-state index contributed by atoms with van der Waals surface area (Å²) in [6, 6.07) is 10.8. The smallest absolute Gasteiger partial charge is 0.416 e. The Balaban J connectivity index is 1.33. The number of alkyl halides is 3. The molecule has 256 valence electrons. The molecule has 0 saturated heterocycles. The van der Waals surface area contributed by atoms with E-state index in [4.69, 9.17) is 0 Å². The highest BCUT2D eigenvalue weighted by atomic mass is 19.4. The fraction of sp³-hybridized carbons (Fsp3) is 0.200. The number of carboxylic acids is 1. The summed E-state index contributed by atoms with van der Waals surface area (Å²) < 4.78 is 67.3. The van der Waals surface area contributed by atoms with Gasteiger partial charge in [-0.05, 0) is 77.9 Å². The minimum atomic E-state index is -4.56. The van der Waals surface area contributed by atoms with Crippen LogP contribution < -0.4 is 10.6 Å². The summed E-state index contributed by atoms with van der Waals surface area (Å²) in [5.74, 6) is -5.39. The van der Waals surface area contributed by atoms with Crippen molar-refractivity contribution in [3.8, 4) is 0 Å². The van der Waals surface area contributed by atoms with Gasteiger partial charge in [-0.2, -0.15) is 18.3 Å². The van der Waals surface area contributed by atoms with Crippen molar-refractivity contribution < 1.29 is 46.2 Å². The van der Waals surface area contributed by atoms with Crippen LogP contribution in [0.2, 0.25) is 0 Å². The number of nitrogens with one attached hydrogen (secondary N) is 2. The van der Waals surface area contributed by atoms with E-state index in [0.29, 0.717) is 18.4 Å². The second-order valence-corrected chi connectivity index (χ2v) is 11.7. The first-order valence-electron chi connectivity index (χ1n) is 15.2. The lowest BCUT2D eigenvalue weighted by molar-refractivity contribution is -0.137. The average Bonchev–Trinajstić information content (AvgIpc) is 3.69. The Kier molecular flexibility index (Phi) is 8.91. The van der Waals surface area contributed by atoms with Crippen LogP contribution >= 0.6 is 0 Å². The van der Waals surface area contributed by atoms with Gasteiger partial charge in [-0.3, -0.25) is 14.4 Å². The predicted molar refractivity (Wildman–Crippen MR) is 167 cm³/mol. The molecular formula is C35H26F5N5O5. The monoisotopic (exact) mass is 691 g/mol. The maximum absolute atomic E-state index is 13.8. The van der Waals surface area contributed by atoms with Gasteiger partial charge in [0.1, 0.15) is 11.4 Å². The standard InChI is InChI=1S/C35H26F5N5O5/c1-17-21-9-11-27(23(21)8-7-22(17)34(49)50)44-33(48)29-14-28(32(47)41-15-19-4-10-25(36)26(37)12-19)43-31-24(16-42-45(29)31)30(46)13-18-2-5-20(6-3-18)35(38,39)40/h2-8,10,12,14,16,27H,9,11,13,15H2,1H3,(H,41,47)(H,44,48)(H,49,50)/t27-/m0/s1. The summed E-state index contributed by atoms with van der Waals surface area (Å²) in [7, 11) is 0. The largest absolute Gasteiger partial charge is 0.478 e. The fourth-order valence-electron chi connectivity index (χ4n) is 5.95. The maximum atomic E-state index is 13.8. The van der Waals surface area contributed by atoms with Crippen LogP contribution in [0.4, 0.5) is 22.0 Å². The molecule has 3 aromatic carbocycles. The zero-order valence-corrected chi connectivity index (χ0v) is 26.1. The first kappa shape index (κ1) is 33.9. The lowest BCUT2D eigenvalue weighted by Gasteiger charge is -2.16. The van der Waals surface area contributed by atoms with Gasteiger partial charge in [0, 0.05) is 19.0 Å². The number of Topliss-reactive ketones (excluding diaryl/α,β-unsaturated/α-hetero) is 1. The number of fused-ring (bicyclic) bond motifs is 2. The fourth-order valence-corrected chi connectivity index (χ4v) is 5.95. The van der Waals surface area contributed by atoms with Crippen molar-refractivity contribution in [3.05, 3.63) is 134 Å². The predicted octanol–water partition coefficient (Wildman–Crippen LogP) is 5.81. The van der Waals surface area contributed by atoms with Crippen LogP contribution in [-0.2, 0) is 25.6 Å². The summed E-state index contributed by atoms with van der Waals surface area (Å²) in [4.78, 5) is 56.4. The van der Waals surface area contributed by atoms with E-state index in [9.17, 15) is 46.2 Å². The van der Waals surface area contributed by atoms with Gasteiger partial charge in [0.15, 0.2) is 23.1 Å². The zero-order valence-electron chi connectivity index (χ0n) is 26.1. The topological polar surface area (TPSA) is 143 Å². The molecule has 2 aromatic heterocycles. The first-order valence-corrected chi connectivity index (χ1v) is 15.2. The van der Waals surface area contributed by atoms with E-state index in [0.717, 1.165) is 64.3 Å². The van der Waals surface area contributed by atoms with Crippen molar-refractivity contribution >= 4 is 29.2 Å². The SMILES string of the molecule is Cc1c(C(=O)O)ccc2c1CC[C@@H]2NC(=O)c1cc(C(=O)NCc2ccc(F)c(F)c2)nc2c(C(=O)Cc3ccc(C(F)(F)F)cc3)cnn12. The average molecular weight is 692 g/mol. The number of hydrogen-bond donors (Lipinski definition) is 3. The highest BCUT2D eigenvalue weighted by molar-refractivity contribution is 6.04. The molecule has 0 bridgehead atoms. The first-order chi connectivity index (χ1) is 23.7. The quantitative estimate of drug-likeness (QED) is 0.131. The van der Waals surface area contributed by atoms with Crippen molar-refractivity contribution in [2.75, 3.05) is 0 Å². The van der Waals surface area contributed by atoms with Crippen molar-refractivity contribution in [1.82, 2.24) is 25.2 Å². The number of ketones is 1. The van der Waals surface area contributed by atoms with E-state index >= 15 is 0 Å². The lowest BCUT2D eigenvalue weighted by atomic mass is 9.98. The summed E-state index contributed by atoms with van der Waals surface area (Å²) in [6.07, 6.45) is -2.81. The second-order valence-electron chi connectivity index (χ2n) is 11.7. The minimum Gasteiger partial charge on any atom is -0.478 e. The Morgan fingerprint density at radius 2 is 1.64 bits per heavy atom. The lowest BCUT2D eigenvalue weighted by Crippen LogP contribution is -2.31. The molecule has 0 fully saturated rings. The number of nitrogens with zero attached hydrogens (tertiary/aromatic N) is 3. The Bertz CT molecular complexity index is 2200. The van der Waals surface area contributed by atoms with Crippen molar-refractivity contribution in [2.45, 2.75) is 44.9 Å². The Morgan fingerprint density at radius 1 is 0.920 bits per heavy atom. The van der Waals surface area contributed by atoms with Gasteiger partial charge in [0.2, 0.25) is 0 Å². The number of halogens is 5. The van der Waals surface area contributed by atoms with E-state index in [1.165, 1.54) is 12.1 Å². The number of carboxylic acid groups (broad SMARTS) is 1. The molecule has 0 saturated carbocycles. The van der Waals surface area contributed by atoms with E-state index < -0.39 is 53.0 Å².